The van der Waals surface area contributed by atoms with E-state index < -0.39 is 5.60 Å². The molecule has 1 heterocycles. The third-order valence-electron chi connectivity index (χ3n) is 6.59. The van der Waals surface area contributed by atoms with Crippen LogP contribution in [0.2, 0.25) is 0 Å². The largest absolute Gasteiger partial charge is 0.389 e. The Morgan fingerprint density at radius 1 is 1.38 bits per heavy atom. The molecule has 5 unspecified atom stereocenters. The van der Waals surface area contributed by atoms with E-state index in [0.717, 1.165) is 47.2 Å². The highest BCUT2D eigenvalue weighted by atomic mass is 79.9. The van der Waals surface area contributed by atoms with E-state index in [4.69, 9.17) is 0 Å². The van der Waals surface area contributed by atoms with Gasteiger partial charge in [-0.15, -0.1) is 0 Å². The van der Waals surface area contributed by atoms with E-state index in [1.54, 1.807) is 0 Å². The molecule has 0 aromatic carbocycles. The molecule has 3 aliphatic rings. The van der Waals surface area contributed by atoms with Crippen molar-refractivity contribution in [3.63, 3.8) is 0 Å². The molecule has 1 aromatic heterocycles. The summed E-state index contributed by atoms with van der Waals surface area (Å²) in [5.74, 6) is 3.04. The van der Waals surface area contributed by atoms with Gasteiger partial charge in [-0.05, 0) is 71.7 Å². The first-order chi connectivity index (χ1) is 10.0. The summed E-state index contributed by atoms with van der Waals surface area (Å²) < 4.78 is 3.09. The summed E-state index contributed by atoms with van der Waals surface area (Å²) in [6.45, 7) is 2.13. The van der Waals surface area contributed by atoms with Crippen molar-refractivity contribution in [1.82, 2.24) is 9.78 Å². The second-order valence-corrected chi connectivity index (χ2v) is 8.32. The number of rotatable bonds is 3. The minimum absolute atomic E-state index is 0.489. The second-order valence-electron chi connectivity index (χ2n) is 7.53. The molecule has 0 spiro atoms. The zero-order valence-corrected chi connectivity index (χ0v) is 14.6. The van der Waals surface area contributed by atoms with E-state index >= 15 is 0 Å². The summed E-state index contributed by atoms with van der Waals surface area (Å²) in [5, 5.41) is 15.9. The van der Waals surface area contributed by atoms with E-state index in [-0.39, 0.29) is 0 Å². The van der Waals surface area contributed by atoms with Crippen molar-refractivity contribution in [3.05, 3.63) is 15.9 Å². The van der Waals surface area contributed by atoms with Crippen LogP contribution in [0.3, 0.4) is 0 Å². The van der Waals surface area contributed by atoms with Gasteiger partial charge in [0.25, 0.3) is 0 Å². The normalized spacial score (nSPS) is 41.0. The topological polar surface area (TPSA) is 38.0 Å². The van der Waals surface area contributed by atoms with Crippen LogP contribution in [0.1, 0.15) is 50.4 Å². The van der Waals surface area contributed by atoms with Crippen molar-refractivity contribution < 1.29 is 5.11 Å². The lowest BCUT2D eigenvalue weighted by Gasteiger charge is -2.39. The highest BCUT2D eigenvalue weighted by Gasteiger charge is 2.60. The lowest BCUT2D eigenvalue weighted by Crippen LogP contribution is -2.43. The maximum atomic E-state index is 11.4. The van der Waals surface area contributed by atoms with Crippen LogP contribution >= 0.6 is 15.9 Å². The van der Waals surface area contributed by atoms with Gasteiger partial charge in [0.1, 0.15) is 0 Å². The molecule has 0 aliphatic heterocycles. The fourth-order valence-electron chi connectivity index (χ4n) is 5.74. The Balaban J connectivity index is 1.62. The van der Waals surface area contributed by atoms with Gasteiger partial charge in [-0.2, -0.15) is 5.10 Å². The molecule has 4 rings (SSSR count). The van der Waals surface area contributed by atoms with E-state index in [2.05, 4.69) is 28.0 Å². The van der Waals surface area contributed by atoms with Crippen molar-refractivity contribution >= 4 is 15.9 Å². The average molecular weight is 353 g/mol. The van der Waals surface area contributed by atoms with Gasteiger partial charge in [-0.25, -0.2) is 0 Å². The molecule has 1 aromatic rings. The summed E-state index contributed by atoms with van der Waals surface area (Å²) in [6.07, 6.45) is 8.12. The molecule has 2 bridgehead atoms. The fraction of sp³-hybridized carbons (Fsp3) is 0.824. The van der Waals surface area contributed by atoms with Gasteiger partial charge in [0, 0.05) is 13.5 Å². The van der Waals surface area contributed by atoms with Crippen molar-refractivity contribution in [1.29, 1.82) is 0 Å². The molecular weight excluding hydrogens is 328 g/mol. The summed E-state index contributed by atoms with van der Waals surface area (Å²) in [5.41, 5.74) is 1.80. The Hall–Kier alpha value is -0.350. The van der Waals surface area contributed by atoms with Gasteiger partial charge in [0.15, 0.2) is 0 Å². The van der Waals surface area contributed by atoms with E-state index in [9.17, 15) is 5.11 Å². The standard InChI is InChI=1S/C17H25BrN2O/c1-3-14-16(18)15(20(2)19-14)9-17(21)8-10-7-13(17)12-6-4-5-11(10)12/h10-13,21H,3-9H2,1-2H3. The molecule has 3 fully saturated rings. The minimum Gasteiger partial charge on any atom is -0.389 e. The molecule has 0 radical (unpaired) electrons. The number of aromatic nitrogens is 2. The summed E-state index contributed by atoms with van der Waals surface area (Å²) in [4.78, 5) is 0. The Morgan fingerprint density at radius 3 is 2.86 bits per heavy atom. The number of aliphatic hydroxyl groups is 1. The van der Waals surface area contributed by atoms with Gasteiger partial charge >= 0.3 is 0 Å². The first-order valence-electron chi connectivity index (χ1n) is 8.46. The average Bonchev–Trinajstić information content (AvgIpc) is 3.15. The number of halogens is 1. The Morgan fingerprint density at radius 2 is 2.14 bits per heavy atom. The summed E-state index contributed by atoms with van der Waals surface area (Å²) >= 11 is 3.71. The van der Waals surface area contributed by atoms with Gasteiger partial charge in [-0.1, -0.05) is 13.3 Å². The van der Waals surface area contributed by atoms with Crippen LogP contribution in [0.5, 0.6) is 0 Å². The van der Waals surface area contributed by atoms with Gasteiger partial charge in [0.2, 0.25) is 0 Å². The minimum atomic E-state index is -0.489. The third-order valence-corrected chi connectivity index (χ3v) is 7.50. The Labute approximate surface area is 135 Å². The zero-order chi connectivity index (χ0) is 14.8. The number of hydrogen-bond acceptors (Lipinski definition) is 2. The van der Waals surface area contributed by atoms with Crippen LogP contribution in [0.15, 0.2) is 4.47 Å². The maximum absolute atomic E-state index is 11.4. The smallest absolute Gasteiger partial charge is 0.0766 e. The molecule has 116 valence electrons. The molecule has 3 aliphatic carbocycles. The molecule has 21 heavy (non-hydrogen) atoms. The van der Waals surface area contributed by atoms with Gasteiger partial charge in [-0.3, -0.25) is 4.68 Å². The van der Waals surface area contributed by atoms with E-state index in [0.29, 0.717) is 5.92 Å². The second kappa shape index (κ2) is 4.82. The Bertz CT molecular complexity index is 569. The van der Waals surface area contributed by atoms with Crippen LogP contribution in [0.4, 0.5) is 0 Å². The molecule has 1 N–H and O–H groups in total. The number of aryl methyl sites for hydroxylation is 2. The summed E-state index contributed by atoms with van der Waals surface area (Å²) in [7, 11) is 2.01. The number of nitrogens with zero attached hydrogens (tertiary/aromatic N) is 2. The first kappa shape index (κ1) is 14.3. The number of fused-ring (bicyclic) bond motifs is 5. The van der Waals surface area contributed by atoms with Crippen LogP contribution in [0.25, 0.3) is 0 Å². The van der Waals surface area contributed by atoms with E-state index in [1.807, 2.05) is 11.7 Å². The lowest BCUT2D eigenvalue weighted by molar-refractivity contribution is -0.0463. The molecule has 4 heteroatoms. The molecule has 3 saturated carbocycles. The van der Waals surface area contributed by atoms with Crippen molar-refractivity contribution in [2.75, 3.05) is 0 Å². The fourth-order valence-corrected chi connectivity index (χ4v) is 6.50. The quantitative estimate of drug-likeness (QED) is 0.904. The van der Waals surface area contributed by atoms with Crippen LogP contribution in [-0.2, 0) is 19.9 Å². The zero-order valence-electron chi connectivity index (χ0n) is 13.0. The third kappa shape index (κ3) is 1.98. The van der Waals surface area contributed by atoms with Crippen molar-refractivity contribution in [2.24, 2.45) is 30.7 Å². The summed E-state index contributed by atoms with van der Waals surface area (Å²) in [6, 6.07) is 0. The SMILES string of the molecule is CCc1nn(C)c(CC2(O)CC3CC2C2CCCC32)c1Br. The Kier molecular flexibility index (Phi) is 3.27. The molecular formula is C17H25BrN2O. The van der Waals surface area contributed by atoms with Gasteiger partial charge < -0.3 is 5.11 Å². The highest BCUT2D eigenvalue weighted by molar-refractivity contribution is 9.10. The van der Waals surface area contributed by atoms with Crippen LogP contribution in [-0.4, -0.2) is 20.5 Å². The monoisotopic (exact) mass is 352 g/mol. The molecule has 0 saturated heterocycles. The molecule has 3 nitrogen and oxygen atoms in total. The maximum Gasteiger partial charge on any atom is 0.0766 e. The first-order valence-corrected chi connectivity index (χ1v) is 9.25. The predicted octanol–water partition coefficient (Wildman–Crippen LogP) is 3.47. The molecule has 0 amide bonds. The van der Waals surface area contributed by atoms with Crippen LogP contribution in [0, 0.1) is 23.7 Å². The predicted molar refractivity (Wildman–Crippen MR) is 86.0 cm³/mol. The van der Waals surface area contributed by atoms with Gasteiger partial charge in [0.05, 0.1) is 21.5 Å². The van der Waals surface area contributed by atoms with Crippen LogP contribution < -0.4 is 0 Å². The molecule has 5 atom stereocenters. The number of hydrogen-bond donors (Lipinski definition) is 1. The highest BCUT2D eigenvalue weighted by Crippen LogP contribution is 2.63. The van der Waals surface area contributed by atoms with E-state index in [1.165, 1.54) is 31.4 Å². The van der Waals surface area contributed by atoms with Crippen molar-refractivity contribution in [2.45, 2.75) is 57.5 Å². The lowest BCUT2D eigenvalue weighted by atomic mass is 9.71. The van der Waals surface area contributed by atoms with Crippen molar-refractivity contribution in [3.8, 4) is 0 Å².